The zero-order valence-corrected chi connectivity index (χ0v) is 26.0. The van der Waals surface area contributed by atoms with Gasteiger partial charge in [0.2, 0.25) is 11.8 Å². The van der Waals surface area contributed by atoms with Crippen LogP contribution < -0.4 is 5.32 Å². The van der Waals surface area contributed by atoms with Crippen molar-refractivity contribution in [2.24, 2.45) is 5.92 Å². The van der Waals surface area contributed by atoms with Gasteiger partial charge in [-0.05, 0) is 100 Å². The first-order valence-electron chi connectivity index (χ1n) is 14.9. The molecule has 2 amide bonds. The number of likely N-dealkylation sites (tertiary alicyclic amines) is 2. The molecule has 1 unspecified atom stereocenters. The number of halogens is 3. The first-order chi connectivity index (χ1) is 19.3. The van der Waals surface area contributed by atoms with E-state index in [1.807, 2.05) is 17.9 Å². The van der Waals surface area contributed by atoms with Gasteiger partial charge in [-0.25, -0.2) is 8.78 Å². The van der Waals surface area contributed by atoms with Crippen LogP contribution in [0.4, 0.5) is 8.78 Å². The van der Waals surface area contributed by atoms with Crippen LogP contribution in [0, 0.1) is 24.5 Å². The first-order valence-corrected chi connectivity index (χ1v) is 15.2. The van der Waals surface area contributed by atoms with Gasteiger partial charge in [-0.2, -0.15) is 0 Å². The van der Waals surface area contributed by atoms with Gasteiger partial charge in [0.25, 0.3) is 0 Å². The number of benzene rings is 2. The average Bonchev–Trinajstić information content (AvgIpc) is 2.92. The molecule has 2 aliphatic heterocycles. The summed E-state index contributed by atoms with van der Waals surface area (Å²) in [5.74, 6) is -1.71. The SMILES string of the molecule is CC[C@@H](NC(C)=O)c1cc(C)c(Cl)cc1C1CCN(C(=O)C2CCN(C(C)(C)C)C[C@H]2c2ccc(F)cc2F)CC1. The second kappa shape index (κ2) is 12.8. The third-order valence-corrected chi connectivity index (χ3v) is 9.42. The number of piperidine rings is 2. The lowest BCUT2D eigenvalue weighted by molar-refractivity contribution is -0.139. The van der Waals surface area contributed by atoms with Crippen molar-refractivity contribution in [1.29, 1.82) is 0 Å². The van der Waals surface area contributed by atoms with Gasteiger partial charge in [0.15, 0.2) is 0 Å². The molecule has 0 aliphatic carbocycles. The number of rotatable bonds is 6. The van der Waals surface area contributed by atoms with Crippen LogP contribution in [0.1, 0.15) is 100 Å². The fourth-order valence-electron chi connectivity index (χ4n) is 6.64. The van der Waals surface area contributed by atoms with Crippen molar-refractivity contribution in [3.63, 3.8) is 0 Å². The Labute approximate surface area is 248 Å². The van der Waals surface area contributed by atoms with E-state index in [9.17, 15) is 14.0 Å². The van der Waals surface area contributed by atoms with Crippen molar-refractivity contribution in [1.82, 2.24) is 15.1 Å². The van der Waals surface area contributed by atoms with E-state index in [4.69, 9.17) is 11.6 Å². The van der Waals surface area contributed by atoms with E-state index in [2.05, 4.69) is 44.0 Å². The molecule has 1 N–H and O–H groups in total. The Morgan fingerprint density at radius 1 is 1.05 bits per heavy atom. The monoisotopic (exact) mass is 587 g/mol. The minimum Gasteiger partial charge on any atom is -0.350 e. The van der Waals surface area contributed by atoms with Gasteiger partial charge in [0, 0.05) is 55.0 Å². The van der Waals surface area contributed by atoms with Gasteiger partial charge < -0.3 is 10.2 Å². The molecule has 2 aliphatic rings. The van der Waals surface area contributed by atoms with Crippen LogP contribution in [0.25, 0.3) is 0 Å². The molecule has 0 saturated carbocycles. The van der Waals surface area contributed by atoms with Gasteiger partial charge in [0.1, 0.15) is 11.6 Å². The van der Waals surface area contributed by atoms with Crippen molar-refractivity contribution in [2.75, 3.05) is 26.2 Å². The molecule has 5 nitrogen and oxygen atoms in total. The van der Waals surface area contributed by atoms with E-state index in [1.54, 1.807) is 0 Å². The summed E-state index contributed by atoms with van der Waals surface area (Å²) in [7, 11) is 0. The summed E-state index contributed by atoms with van der Waals surface area (Å²) < 4.78 is 28.8. The standard InChI is InChI=1S/C33H44ClF2N3O2/c1-7-31(37-21(3)40)27-16-20(2)29(34)18-26(27)22-10-13-38(14-11-22)32(41)25-12-15-39(33(4,5)6)19-28(25)24-9-8-23(35)17-30(24)36/h8-9,16-18,22,25,28,31H,7,10-15,19H2,1-6H3,(H,37,40)/t25?,28-,31+/m0/s1. The Balaban J connectivity index is 1.54. The van der Waals surface area contributed by atoms with Crippen molar-refractivity contribution in [2.45, 2.75) is 90.6 Å². The molecular formula is C33H44ClF2N3O2. The summed E-state index contributed by atoms with van der Waals surface area (Å²) in [6, 6.07) is 7.75. The zero-order chi connectivity index (χ0) is 30.1. The van der Waals surface area contributed by atoms with Crippen LogP contribution in [0.5, 0.6) is 0 Å². The summed E-state index contributed by atoms with van der Waals surface area (Å²) in [6.07, 6.45) is 2.96. The minimum absolute atomic E-state index is 0.0533. The lowest BCUT2D eigenvalue weighted by Crippen LogP contribution is -2.53. The van der Waals surface area contributed by atoms with E-state index in [1.165, 1.54) is 19.1 Å². The predicted octanol–water partition coefficient (Wildman–Crippen LogP) is 7.12. The van der Waals surface area contributed by atoms with E-state index >= 15 is 4.39 Å². The van der Waals surface area contributed by atoms with Crippen LogP contribution in [0.3, 0.4) is 0 Å². The van der Waals surface area contributed by atoms with Gasteiger partial charge in [0.05, 0.1) is 6.04 Å². The average molecular weight is 588 g/mol. The highest BCUT2D eigenvalue weighted by atomic mass is 35.5. The molecule has 2 aromatic rings. The number of carbonyl (C=O) groups is 2. The van der Waals surface area contributed by atoms with Gasteiger partial charge in [-0.15, -0.1) is 0 Å². The molecule has 41 heavy (non-hydrogen) atoms. The summed E-state index contributed by atoms with van der Waals surface area (Å²) in [5, 5.41) is 3.78. The zero-order valence-electron chi connectivity index (χ0n) is 25.2. The predicted molar refractivity (Wildman–Crippen MR) is 160 cm³/mol. The summed E-state index contributed by atoms with van der Waals surface area (Å²) >= 11 is 6.57. The van der Waals surface area contributed by atoms with E-state index < -0.39 is 11.6 Å². The van der Waals surface area contributed by atoms with Gasteiger partial charge in [-0.1, -0.05) is 30.7 Å². The molecule has 0 bridgehead atoms. The maximum absolute atomic E-state index is 15.0. The number of nitrogens with one attached hydrogen (secondary N) is 1. The molecule has 224 valence electrons. The largest absolute Gasteiger partial charge is 0.350 e. The lowest BCUT2D eigenvalue weighted by Gasteiger charge is -2.46. The lowest BCUT2D eigenvalue weighted by atomic mass is 9.77. The van der Waals surface area contributed by atoms with Crippen LogP contribution in [0.2, 0.25) is 5.02 Å². The number of hydrogen-bond acceptors (Lipinski definition) is 3. The fourth-order valence-corrected chi connectivity index (χ4v) is 6.81. The Bertz CT molecular complexity index is 1270. The van der Waals surface area contributed by atoms with Gasteiger partial charge >= 0.3 is 0 Å². The van der Waals surface area contributed by atoms with E-state index in [0.717, 1.165) is 48.6 Å². The highest BCUT2D eigenvalue weighted by molar-refractivity contribution is 6.31. The minimum atomic E-state index is -0.612. The summed E-state index contributed by atoms with van der Waals surface area (Å²) in [6.45, 7) is 14.4. The number of amides is 2. The molecule has 0 aromatic heterocycles. The Kier molecular flexibility index (Phi) is 9.80. The maximum atomic E-state index is 15.0. The molecule has 0 radical (unpaired) electrons. The Hall–Kier alpha value is -2.51. The number of hydrogen-bond donors (Lipinski definition) is 1. The maximum Gasteiger partial charge on any atom is 0.226 e. The van der Waals surface area contributed by atoms with E-state index in [0.29, 0.717) is 36.6 Å². The van der Waals surface area contributed by atoms with Crippen LogP contribution in [-0.2, 0) is 9.59 Å². The summed E-state index contributed by atoms with van der Waals surface area (Å²) in [5.41, 5.74) is 3.49. The first kappa shape index (κ1) is 31.4. The second-order valence-corrected chi connectivity index (χ2v) is 13.2. The molecule has 3 atom stereocenters. The molecule has 2 fully saturated rings. The van der Waals surface area contributed by atoms with E-state index in [-0.39, 0.29) is 41.1 Å². The second-order valence-electron chi connectivity index (χ2n) is 12.8. The van der Waals surface area contributed by atoms with Crippen molar-refractivity contribution < 1.29 is 18.4 Å². The Morgan fingerprint density at radius 3 is 2.32 bits per heavy atom. The highest BCUT2D eigenvalue weighted by Gasteiger charge is 2.41. The molecule has 0 spiro atoms. The number of aryl methyl sites for hydroxylation is 1. The topological polar surface area (TPSA) is 52.7 Å². The van der Waals surface area contributed by atoms with Crippen molar-refractivity contribution in [3.05, 3.63) is 69.2 Å². The van der Waals surface area contributed by atoms with Crippen LogP contribution >= 0.6 is 11.6 Å². The quantitative estimate of drug-likeness (QED) is 0.391. The third-order valence-electron chi connectivity index (χ3n) is 9.01. The molecule has 4 rings (SSSR count). The van der Waals surface area contributed by atoms with Gasteiger partial charge in [-0.3, -0.25) is 14.5 Å². The van der Waals surface area contributed by atoms with Crippen molar-refractivity contribution >= 4 is 23.4 Å². The smallest absolute Gasteiger partial charge is 0.226 e. The van der Waals surface area contributed by atoms with Crippen molar-refractivity contribution in [3.8, 4) is 0 Å². The molecule has 8 heteroatoms. The molecular weight excluding hydrogens is 544 g/mol. The highest BCUT2D eigenvalue weighted by Crippen LogP contribution is 2.40. The molecule has 2 aromatic carbocycles. The molecule has 2 saturated heterocycles. The summed E-state index contributed by atoms with van der Waals surface area (Å²) in [4.78, 5) is 30.1. The fraction of sp³-hybridized carbons (Fsp3) is 0.576. The number of nitrogens with zero attached hydrogens (tertiary/aromatic N) is 2. The molecule has 2 heterocycles. The number of carbonyl (C=O) groups excluding carboxylic acids is 2. The van der Waals surface area contributed by atoms with Crippen LogP contribution in [0.15, 0.2) is 30.3 Å². The normalized spacial score (nSPS) is 21.5. The third kappa shape index (κ3) is 7.11. The van der Waals surface area contributed by atoms with Crippen LogP contribution in [-0.4, -0.2) is 53.3 Å². The Morgan fingerprint density at radius 2 is 1.73 bits per heavy atom.